The summed E-state index contributed by atoms with van der Waals surface area (Å²) in [5.74, 6) is -0.632. The Kier molecular flexibility index (Phi) is 4.95. The average Bonchev–Trinajstić information content (AvgIpc) is 2.45. The molecule has 0 aromatic heterocycles. The van der Waals surface area contributed by atoms with Gasteiger partial charge >= 0.3 is 16.1 Å². The van der Waals surface area contributed by atoms with E-state index in [0.717, 1.165) is 0 Å². The molecule has 0 unspecified atom stereocenters. The Balaban J connectivity index is 2.34. The minimum absolute atomic E-state index is 0.0287. The molecule has 0 aliphatic rings. The maximum atomic E-state index is 12.2. The van der Waals surface area contributed by atoms with Gasteiger partial charge in [0.2, 0.25) is 0 Å². The Morgan fingerprint density at radius 3 is 2.27 bits per heavy atom. The fourth-order valence-electron chi connectivity index (χ4n) is 1.64. The lowest BCUT2D eigenvalue weighted by Gasteiger charge is -2.08. The number of halogens is 2. The van der Waals surface area contributed by atoms with Gasteiger partial charge in [-0.25, -0.2) is 4.79 Å². The number of rotatable bonds is 4. The molecule has 0 spiro atoms. The zero-order valence-corrected chi connectivity index (χ0v) is 13.6. The van der Waals surface area contributed by atoms with Crippen molar-refractivity contribution in [3.05, 3.63) is 58.1 Å². The molecule has 8 heteroatoms. The van der Waals surface area contributed by atoms with E-state index >= 15 is 0 Å². The van der Waals surface area contributed by atoms with Gasteiger partial charge in [-0.3, -0.25) is 0 Å². The molecule has 0 saturated carbocycles. The second-order valence-corrected chi connectivity index (χ2v) is 6.58. The Morgan fingerprint density at radius 2 is 1.68 bits per heavy atom. The van der Waals surface area contributed by atoms with Gasteiger partial charge in [-0.15, -0.1) is 0 Å². The van der Waals surface area contributed by atoms with Gasteiger partial charge in [0.15, 0.2) is 0 Å². The number of hydrogen-bond donors (Lipinski definition) is 0. The highest BCUT2D eigenvalue weighted by molar-refractivity contribution is 7.87. The Bertz CT molecular complexity index is 797. The van der Waals surface area contributed by atoms with Crippen LogP contribution in [0.25, 0.3) is 0 Å². The molecule has 0 fully saturated rings. The first-order valence-corrected chi connectivity index (χ1v) is 8.07. The summed E-state index contributed by atoms with van der Waals surface area (Å²) in [4.78, 5) is 11.2. The average molecular weight is 361 g/mol. The molecule has 116 valence electrons. The van der Waals surface area contributed by atoms with Crippen LogP contribution in [-0.4, -0.2) is 21.5 Å². The van der Waals surface area contributed by atoms with Crippen molar-refractivity contribution in [1.82, 2.24) is 0 Å². The van der Waals surface area contributed by atoms with Gasteiger partial charge in [0.05, 0.1) is 12.7 Å². The number of carbonyl (C=O) groups excluding carboxylic acids is 1. The van der Waals surface area contributed by atoms with Crippen LogP contribution < -0.4 is 4.18 Å². The minimum Gasteiger partial charge on any atom is -0.465 e. The first-order valence-electron chi connectivity index (χ1n) is 5.91. The molecule has 0 atom stereocenters. The molecule has 2 aromatic rings. The number of carbonyl (C=O) groups is 1. The predicted octanol–water partition coefficient (Wildman–Crippen LogP) is 3.55. The zero-order chi connectivity index (χ0) is 16.3. The summed E-state index contributed by atoms with van der Waals surface area (Å²) in [7, 11) is -2.91. The second kappa shape index (κ2) is 6.56. The van der Waals surface area contributed by atoms with Crippen molar-refractivity contribution in [2.75, 3.05) is 7.11 Å². The van der Waals surface area contributed by atoms with Crippen molar-refractivity contribution >= 4 is 39.3 Å². The number of benzene rings is 2. The van der Waals surface area contributed by atoms with Gasteiger partial charge in [-0.1, -0.05) is 29.3 Å². The van der Waals surface area contributed by atoms with E-state index in [0.29, 0.717) is 0 Å². The van der Waals surface area contributed by atoms with E-state index in [1.807, 2.05) is 0 Å². The number of hydrogen-bond acceptors (Lipinski definition) is 5. The molecular weight excluding hydrogens is 351 g/mol. The summed E-state index contributed by atoms with van der Waals surface area (Å²) < 4.78 is 33.9. The second-order valence-electron chi connectivity index (χ2n) is 4.16. The monoisotopic (exact) mass is 360 g/mol. The summed E-state index contributed by atoms with van der Waals surface area (Å²) in [5, 5.41) is 0.330. The van der Waals surface area contributed by atoms with Crippen LogP contribution in [0.5, 0.6) is 5.75 Å². The highest BCUT2D eigenvalue weighted by Crippen LogP contribution is 2.25. The SMILES string of the molecule is COC(=O)c1cccc(OS(=O)(=O)c2cc(Cl)cc(Cl)c2)c1. The van der Waals surface area contributed by atoms with Crippen molar-refractivity contribution in [2.24, 2.45) is 0 Å². The van der Waals surface area contributed by atoms with Crippen LogP contribution in [0.3, 0.4) is 0 Å². The normalized spacial score (nSPS) is 11.0. The third kappa shape index (κ3) is 3.91. The molecular formula is C14H10Cl2O5S. The predicted molar refractivity (Wildman–Crippen MR) is 82.1 cm³/mol. The van der Waals surface area contributed by atoms with Crippen LogP contribution in [0.1, 0.15) is 10.4 Å². The summed E-state index contributed by atoms with van der Waals surface area (Å²) in [5.41, 5.74) is 0.166. The van der Waals surface area contributed by atoms with Gasteiger partial charge < -0.3 is 8.92 Å². The minimum atomic E-state index is -4.13. The topological polar surface area (TPSA) is 69.7 Å². The molecule has 0 aliphatic heterocycles. The fourth-order valence-corrected chi connectivity index (χ4v) is 3.29. The lowest BCUT2D eigenvalue weighted by molar-refractivity contribution is 0.0600. The van der Waals surface area contributed by atoms with Crippen LogP contribution in [0.15, 0.2) is 47.4 Å². The molecule has 0 amide bonds. The van der Waals surface area contributed by atoms with E-state index in [1.54, 1.807) is 0 Å². The van der Waals surface area contributed by atoms with E-state index < -0.39 is 16.1 Å². The Labute approximate surface area is 137 Å². The van der Waals surface area contributed by atoms with Crippen LogP contribution in [0.4, 0.5) is 0 Å². The van der Waals surface area contributed by atoms with Crippen LogP contribution in [-0.2, 0) is 14.9 Å². The van der Waals surface area contributed by atoms with Crippen LogP contribution in [0.2, 0.25) is 10.0 Å². The fraction of sp³-hybridized carbons (Fsp3) is 0.0714. The third-order valence-electron chi connectivity index (χ3n) is 2.59. The highest BCUT2D eigenvalue weighted by Gasteiger charge is 2.19. The third-order valence-corrected chi connectivity index (χ3v) is 4.25. The molecule has 2 rings (SSSR count). The van der Waals surface area contributed by atoms with Gasteiger partial charge in [0.1, 0.15) is 10.6 Å². The number of methoxy groups -OCH3 is 1. The van der Waals surface area contributed by atoms with E-state index in [2.05, 4.69) is 4.74 Å². The van der Waals surface area contributed by atoms with Gasteiger partial charge in [-0.05, 0) is 36.4 Å². The summed E-state index contributed by atoms with van der Waals surface area (Å²) in [6.07, 6.45) is 0. The molecule has 0 N–H and O–H groups in total. The number of ether oxygens (including phenoxy) is 1. The Hall–Kier alpha value is -1.76. The molecule has 0 bridgehead atoms. The summed E-state index contributed by atoms with van der Waals surface area (Å²) in [6.45, 7) is 0. The largest absolute Gasteiger partial charge is 0.465 e. The highest BCUT2D eigenvalue weighted by atomic mass is 35.5. The maximum absolute atomic E-state index is 12.2. The van der Waals surface area contributed by atoms with Crippen molar-refractivity contribution < 1.29 is 22.1 Å². The van der Waals surface area contributed by atoms with Crippen molar-refractivity contribution in [2.45, 2.75) is 4.90 Å². The van der Waals surface area contributed by atoms with Gasteiger partial charge in [0.25, 0.3) is 0 Å². The summed E-state index contributed by atoms with van der Waals surface area (Å²) >= 11 is 11.6. The van der Waals surface area contributed by atoms with E-state index in [4.69, 9.17) is 27.4 Å². The van der Waals surface area contributed by atoms with E-state index in [-0.39, 0.29) is 26.3 Å². The Morgan fingerprint density at radius 1 is 1.05 bits per heavy atom. The lowest BCUT2D eigenvalue weighted by atomic mass is 10.2. The van der Waals surface area contributed by atoms with Gasteiger partial charge in [0, 0.05) is 10.0 Å². The van der Waals surface area contributed by atoms with Gasteiger partial charge in [-0.2, -0.15) is 8.42 Å². The van der Waals surface area contributed by atoms with Crippen molar-refractivity contribution in [3.63, 3.8) is 0 Å². The maximum Gasteiger partial charge on any atom is 0.339 e. The van der Waals surface area contributed by atoms with E-state index in [1.165, 1.54) is 49.6 Å². The molecule has 0 heterocycles. The van der Waals surface area contributed by atoms with Crippen molar-refractivity contribution in [3.8, 4) is 5.75 Å². The summed E-state index contributed by atoms with van der Waals surface area (Å²) in [6, 6.07) is 9.44. The molecule has 22 heavy (non-hydrogen) atoms. The molecule has 2 aromatic carbocycles. The smallest absolute Gasteiger partial charge is 0.339 e. The van der Waals surface area contributed by atoms with Crippen molar-refractivity contribution in [1.29, 1.82) is 0 Å². The van der Waals surface area contributed by atoms with Crippen LogP contribution in [0, 0.1) is 0 Å². The van der Waals surface area contributed by atoms with E-state index in [9.17, 15) is 13.2 Å². The molecule has 0 saturated heterocycles. The zero-order valence-electron chi connectivity index (χ0n) is 11.2. The first kappa shape index (κ1) is 16.6. The number of esters is 1. The lowest BCUT2D eigenvalue weighted by Crippen LogP contribution is -2.10. The van der Waals surface area contributed by atoms with Crippen LogP contribution >= 0.6 is 23.2 Å². The first-order chi connectivity index (χ1) is 10.3. The standard InChI is InChI=1S/C14H10Cl2O5S/c1-20-14(17)9-3-2-4-12(5-9)21-22(18,19)13-7-10(15)6-11(16)8-13/h2-8H,1H3. The molecule has 0 radical (unpaired) electrons. The molecule has 0 aliphatic carbocycles. The molecule has 5 nitrogen and oxygen atoms in total. The quantitative estimate of drug-likeness (QED) is 0.615.